The highest BCUT2D eigenvalue weighted by atomic mass is 32.2. The van der Waals surface area contributed by atoms with Crippen molar-refractivity contribution in [3.63, 3.8) is 0 Å². The van der Waals surface area contributed by atoms with Crippen molar-refractivity contribution in [3.8, 4) is 11.5 Å². The molecular formula is C12H17N3O4S. The van der Waals surface area contributed by atoms with E-state index in [1.807, 2.05) is 0 Å². The maximum Gasteiger partial charge on any atom is 0.201 e. The molecule has 0 aliphatic carbocycles. The molecule has 0 radical (unpaired) electrons. The van der Waals surface area contributed by atoms with Gasteiger partial charge in [0.15, 0.2) is 11.5 Å². The topological polar surface area (TPSA) is 96.4 Å². The van der Waals surface area contributed by atoms with E-state index in [1.165, 1.54) is 20.5 Å². The molecule has 20 heavy (non-hydrogen) atoms. The van der Waals surface area contributed by atoms with Gasteiger partial charge in [-0.2, -0.15) is 0 Å². The third-order valence-electron chi connectivity index (χ3n) is 2.97. The van der Waals surface area contributed by atoms with E-state index in [4.69, 9.17) is 15.2 Å². The second kappa shape index (κ2) is 5.20. The fourth-order valence-electron chi connectivity index (χ4n) is 1.96. The zero-order valence-corrected chi connectivity index (χ0v) is 12.4. The number of hydrogen-bond acceptors (Lipinski definition) is 6. The van der Waals surface area contributed by atoms with Gasteiger partial charge in [-0.15, -0.1) is 0 Å². The van der Waals surface area contributed by atoms with Gasteiger partial charge in [0.05, 0.1) is 31.0 Å². The Labute approximate surface area is 117 Å². The third-order valence-corrected chi connectivity index (χ3v) is 3.89. The van der Waals surface area contributed by atoms with Crippen LogP contribution in [0.2, 0.25) is 0 Å². The maximum absolute atomic E-state index is 11.3. The molecule has 110 valence electrons. The number of anilines is 1. The number of ether oxygens (including phenoxy) is 2. The van der Waals surface area contributed by atoms with Crippen molar-refractivity contribution in [1.29, 1.82) is 0 Å². The fourth-order valence-corrected chi connectivity index (χ4v) is 2.48. The molecule has 0 fully saturated rings. The Morgan fingerprint density at radius 3 is 2.40 bits per heavy atom. The summed E-state index contributed by atoms with van der Waals surface area (Å²) in [7, 11) is -0.00682. The summed E-state index contributed by atoms with van der Waals surface area (Å²) in [5.41, 5.74) is 7.19. The van der Waals surface area contributed by atoms with Gasteiger partial charge in [-0.3, -0.25) is 0 Å². The first-order valence-corrected chi connectivity index (χ1v) is 7.97. The number of aryl methyl sites for hydroxylation is 1. The van der Waals surface area contributed by atoms with Crippen molar-refractivity contribution >= 4 is 26.8 Å². The Hall–Kier alpha value is -1.96. The van der Waals surface area contributed by atoms with Crippen LogP contribution in [0.15, 0.2) is 12.1 Å². The summed E-state index contributed by atoms with van der Waals surface area (Å²) in [4.78, 5) is 4.21. The Morgan fingerprint density at radius 2 is 1.85 bits per heavy atom. The van der Waals surface area contributed by atoms with Crippen LogP contribution in [0.25, 0.3) is 11.0 Å². The first kappa shape index (κ1) is 14.4. The molecule has 0 bridgehead atoms. The molecule has 2 rings (SSSR count). The number of aromatic nitrogens is 2. The lowest BCUT2D eigenvalue weighted by molar-refractivity contribution is 0.355. The van der Waals surface area contributed by atoms with Crippen LogP contribution >= 0.6 is 0 Å². The number of nitrogens with zero attached hydrogens (tertiary/aromatic N) is 2. The number of nitrogens with two attached hydrogens (primary N) is 1. The van der Waals surface area contributed by atoms with E-state index in [1.54, 1.807) is 16.7 Å². The molecular weight excluding hydrogens is 282 g/mol. The number of hydrogen-bond donors (Lipinski definition) is 1. The quantitative estimate of drug-likeness (QED) is 0.872. The van der Waals surface area contributed by atoms with E-state index in [9.17, 15) is 8.42 Å². The molecule has 0 unspecified atom stereocenters. The van der Waals surface area contributed by atoms with Crippen molar-refractivity contribution in [2.45, 2.75) is 6.54 Å². The molecule has 0 amide bonds. The molecule has 0 aliphatic rings. The monoisotopic (exact) mass is 299 g/mol. The summed E-state index contributed by atoms with van der Waals surface area (Å²) < 4.78 is 34.6. The number of fused-ring (bicyclic) bond motifs is 1. The van der Waals surface area contributed by atoms with E-state index < -0.39 is 9.84 Å². The number of nitrogen functional groups attached to an aromatic ring is 1. The van der Waals surface area contributed by atoms with E-state index in [0.29, 0.717) is 22.5 Å². The van der Waals surface area contributed by atoms with Gasteiger partial charge in [0.25, 0.3) is 0 Å². The van der Waals surface area contributed by atoms with Crippen LogP contribution in [0.3, 0.4) is 0 Å². The van der Waals surface area contributed by atoms with Crippen LogP contribution < -0.4 is 15.2 Å². The van der Waals surface area contributed by atoms with Gasteiger partial charge in [0.2, 0.25) is 5.95 Å². The van der Waals surface area contributed by atoms with Gasteiger partial charge in [-0.1, -0.05) is 0 Å². The van der Waals surface area contributed by atoms with Crippen LogP contribution in [0.1, 0.15) is 0 Å². The second-order valence-electron chi connectivity index (χ2n) is 4.45. The molecule has 1 aromatic carbocycles. The SMILES string of the molecule is COc1cc2nc(N)n(CCS(C)(=O)=O)c2cc1OC. The number of sulfone groups is 1. The third kappa shape index (κ3) is 2.79. The maximum atomic E-state index is 11.3. The van der Waals surface area contributed by atoms with Crippen LogP contribution in [0, 0.1) is 0 Å². The fraction of sp³-hybridized carbons (Fsp3) is 0.417. The van der Waals surface area contributed by atoms with Crippen molar-refractivity contribution in [2.24, 2.45) is 0 Å². The molecule has 0 saturated carbocycles. The highest BCUT2D eigenvalue weighted by molar-refractivity contribution is 7.90. The van der Waals surface area contributed by atoms with E-state index in [-0.39, 0.29) is 18.2 Å². The Kier molecular flexibility index (Phi) is 3.76. The van der Waals surface area contributed by atoms with Crippen LogP contribution in [0.4, 0.5) is 5.95 Å². The molecule has 0 saturated heterocycles. The average Bonchev–Trinajstić information content (AvgIpc) is 2.68. The Morgan fingerprint density at radius 1 is 1.25 bits per heavy atom. The molecule has 1 aromatic heterocycles. The molecule has 1 heterocycles. The minimum atomic E-state index is -3.07. The lowest BCUT2D eigenvalue weighted by Crippen LogP contribution is -2.13. The molecule has 7 nitrogen and oxygen atoms in total. The zero-order valence-electron chi connectivity index (χ0n) is 11.6. The predicted molar refractivity (Wildman–Crippen MR) is 77.0 cm³/mol. The molecule has 2 aromatic rings. The first-order valence-electron chi connectivity index (χ1n) is 5.91. The number of methoxy groups -OCH3 is 2. The van der Waals surface area contributed by atoms with Crippen LogP contribution in [-0.4, -0.2) is 44.2 Å². The normalized spacial score (nSPS) is 11.8. The molecule has 0 aliphatic heterocycles. The number of imidazole rings is 1. The largest absolute Gasteiger partial charge is 0.493 e. The summed E-state index contributed by atoms with van der Waals surface area (Å²) >= 11 is 0. The molecule has 0 spiro atoms. The van der Waals surface area contributed by atoms with Crippen molar-refractivity contribution in [1.82, 2.24) is 9.55 Å². The second-order valence-corrected chi connectivity index (χ2v) is 6.71. The lowest BCUT2D eigenvalue weighted by atomic mass is 10.2. The van der Waals surface area contributed by atoms with Crippen molar-refractivity contribution < 1.29 is 17.9 Å². The highest BCUT2D eigenvalue weighted by Crippen LogP contribution is 2.32. The summed E-state index contributed by atoms with van der Waals surface area (Å²) in [5, 5.41) is 0. The molecule has 8 heteroatoms. The van der Waals surface area contributed by atoms with Gasteiger partial charge in [-0.25, -0.2) is 13.4 Å². The van der Waals surface area contributed by atoms with Crippen molar-refractivity contribution in [2.75, 3.05) is 32.0 Å². The number of benzene rings is 1. The van der Waals surface area contributed by atoms with E-state index >= 15 is 0 Å². The lowest BCUT2D eigenvalue weighted by Gasteiger charge is -2.09. The van der Waals surface area contributed by atoms with Crippen molar-refractivity contribution in [3.05, 3.63) is 12.1 Å². The zero-order chi connectivity index (χ0) is 14.9. The van der Waals surface area contributed by atoms with Gasteiger partial charge in [-0.05, 0) is 0 Å². The first-order chi connectivity index (χ1) is 9.35. The standard InChI is InChI=1S/C12H17N3O4S/c1-18-10-6-8-9(7-11(10)19-2)15(12(13)14-8)4-5-20(3,16)17/h6-7H,4-5H2,1-3H3,(H2,13,14). The minimum absolute atomic E-state index is 0.00297. The predicted octanol–water partition coefficient (Wildman–Crippen LogP) is 0.680. The molecule has 2 N–H and O–H groups in total. The Balaban J connectivity index is 2.52. The van der Waals surface area contributed by atoms with Crippen LogP contribution in [-0.2, 0) is 16.4 Å². The highest BCUT2D eigenvalue weighted by Gasteiger charge is 2.14. The minimum Gasteiger partial charge on any atom is -0.493 e. The molecule has 0 atom stereocenters. The average molecular weight is 299 g/mol. The summed E-state index contributed by atoms with van der Waals surface area (Å²) in [6, 6.07) is 3.45. The van der Waals surface area contributed by atoms with Gasteiger partial charge in [0.1, 0.15) is 9.84 Å². The van der Waals surface area contributed by atoms with Gasteiger partial charge in [0, 0.05) is 24.9 Å². The smallest absolute Gasteiger partial charge is 0.201 e. The van der Waals surface area contributed by atoms with E-state index in [0.717, 1.165) is 0 Å². The summed E-state index contributed by atoms with van der Waals surface area (Å²) in [5.74, 6) is 1.35. The van der Waals surface area contributed by atoms with Gasteiger partial charge >= 0.3 is 0 Å². The summed E-state index contributed by atoms with van der Waals surface area (Å²) in [6.45, 7) is 0.247. The van der Waals surface area contributed by atoms with Gasteiger partial charge < -0.3 is 19.8 Å². The number of rotatable bonds is 5. The Bertz CT molecular complexity index is 737. The van der Waals surface area contributed by atoms with Crippen LogP contribution in [0.5, 0.6) is 11.5 Å². The van der Waals surface area contributed by atoms with E-state index in [2.05, 4.69) is 4.98 Å². The summed E-state index contributed by atoms with van der Waals surface area (Å²) in [6.07, 6.45) is 1.19.